The molecule has 0 spiro atoms. The van der Waals surface area contributed by atoms with Crippen LogP contribution in [0.25, 0.3) is 22.3 Å². The van der Waals surface area contributed by atoms with Gasteiger partial charge in [0, 0.05) is 28.8 Å². The number of benzene rings is 3. The monoisotopic (exact) mass is 470 g/mol. The summed E-state index contributed by atoms with van der Waals surface area (Å²) in [5.74, 6) is 0.948. The minimum Gasteiger partial charge on any atom is -0.308 e. The Morgan fingerprint density at radius 1 is 0.917 bits per heavy atom. The lowest BCUT2D eigenvalue weighted by Crippen LogP contribution is -2.05. The van der Waals surface area contributed by atoms with Crippen molar-refractivity contribution in [3.63, 3.8) is 0 Å². The average Bonchev–Trinajstić information content (AvgIpc) is 3.26. The minimum atomic E-state index is -0.0601. The van der Waals surface area contributed by atoms with Crippen molar-refractivity contribution in [2.45, 2.75) is 33.7 Å². The fourth-order valence-electron chi connectivity index (χ4n) is 4.63. The molecule has 36 heavy (non-hydrogen) atoms. The van der Waals surface area contributed by atoms with Crippen LogP contribution in [0, 0.1) is 25.2 Å². The van der Waals surface area contributed by atoms with E-state index in [0.29, 0.717) is 23.2 Å². The maximum atomic E-state index is 13.0. The lowest BCUT2D eigenvalue weighted by Gasteiger charge is -2.11. The van der Waals surface area contributed by atoms with Crippen LogP contribution in [0.3, 0.4) is 0 Å². The zero-order valence-corrected chi connectivity index (χ0v) is 20.6. The van der Waals surface area contributed by atoms with Gasteiger partial charge in [0.1, 0.15) is 11.3 Å². The van der Waals surface area contributed by atoms with Gasteiger partial charge in [0.2, 0.25) is 0 Å². The number of hydrogen-bond donors (Lipinski definition) is 0. The topological polar surface area (TPSA) is 71.6 Å². The fraction of sp³-hybridized carbons (Fsp3) is 0.161. The molecule has 2 aromatic heterocycles. The molecule has 2 heterocycles. The number of carbonyl (C=O) groups excluding carboxylic acids is 1. The summed E-state index contributed by atoms with van der Waals surface area (Å²) >= 11 is 0. The van der Waals surface area contributed by atoms with Crippen LogP contribution >= 0.6 is 0 Å². The van der Waals surface area contributed by atoms with Gasteiger partial charge in [-0.15, -0.1) is 0 Å². The van der Waals surface area contributed by atoms with Crippen LogP contribution in [-0.2, 0) is 13.0 Å². The number of carbonyl (C=O) groups is 1. The smallest absolute Gasteiger partial charge is 0.193 e. The number of rotatable bonds is 6. The molecule has 5 aromatic rings. The van der Waals surface area contributed by atoms with E-state index in [1.807, 2.05) is 43.3 Å². The third-order valence-corrected chi connectivity index (χ3v) is 6.46. The van der Waals surface area contributed by atoms with Gasteiger partial charge in [-0.2, -0.15) is 5.26 Å². The van der Waals surface area contributed by atoms with E-state index in [0.717, 1.165) is 51.4 Å². The number of ketones is 1. The predicted octanol–water partition coefficient (Wildman–Crippen LogP) is 6.43. The van der Waals surface area contributed by atoms with Crippen molar-refractivity contribution in [2.24, 2.45) is 0 Å². The molecule has 0 atom stereocenters. The molecule has 3 aromatic carbocycles. The Kier molecular flexibility index (Phi) is 6.18. The van der Waals surface area contributed by atoms with E-state index in [-0.39, 0.29) is 5.78 Å². The molecule has 0 saturated carbocycles. The Hall–Kier alpha value is -4.56. The number of pyridine rings is 1. The zero-order chi connectivity index (χ0) is 25.2. The predicted molar refractivity (Wildman–Crippen MR) is 142 cm³/mol. The van der Waals surface area contributed by atoms with Gasteiger partial charge in [-0.1, -0.05) is 61.5 Å². The molecule has 0 saturated heterocycles. The second kappa shape index (κ2) is 9.59. The van der Waals surface area contributed by atoms with Gasteiger partial charge in [-0.05, 0) is 54.8 Å². The van der Waals surface area contributed by atoms with Crippen molar-refractivity contribution < 1.29 is 4.79 Å². The molecule has 0 unspecified atom stereocenters. The minimum absolute atomic E-state index is 0.0601. The highest BCUT2D eigenvalue weighted by molar-refractivity contribution is 6.09. The van der Waals surface area contributed by atoms with Gasteiger partial charge in [0.25, 0.3) is 0 Å². The largest absolute Gasteiger partial charge is 0.308 e. The summed E-state index contributed by atoms with van der Waals surface area (Å²) in [6.45, 7) is 6.85. The van der Waals surface area contributed by atoms with E-state index in [2.05, 4.69) is 42.7 Å². The van der Waals surface area contributed by atoms with Crippen molar-refractivity contribution in [1.82, 2.24) is 14.5 Å². The molecule has 0 radical (unpaired) electrons. The van der Waals surface area contributed by atoms with Gasteiger partial charge < -0.3 is 4.57 Å². The molecule has 0 amide bonds. The van der Waals surface area contributed by atoms with E-state index in [9.17, 15) is 10.1 Å². The molecule has 0 aliphatic carbocycles. The normalized spacial score (nSPS) is 10.9. The lowest BCUT2D eigenvalue weighted by atomic mass is 9.94. The molecule has 5 nitrogen and oxygen atoms in total. The van der Waals surface area contributed by atoms with Crippen molar-refractivity contribution in [2.75, 3.05) is 0 Å². The molecular weight excluding hydrogens is 444 g/mol. The fourth-order valence-corrected chi connectivity index (χ4v) is 4.63. The molecule has 0 N–H and O–H groups in total. The number of fused-ring (bicyclic) bond motifs is 1. The Morgan fingerprint density at radius 3 is 2.36 bits per heavy atom. The van der Waals surface area contributed by atoms with Gasteiger partial charge in [-0.3, -0.25) is 4.79 Å². The van der Waals surface area contributed by atoms with Gasteiger partial charge in [0.15, 0.2) is 11.4 Å². The summed E-state index contributed by atoms with van der Waals surface area (Å²) in [6, 6.07) is 26.9. The molecule has 0 aliphatic rings. The van der Waals surface area contributed by atoms with Gasteiger partial charge >= 0.3 is 0 Å². The number of nitriles is 1. The van der Waals surface area contributed by atoms with Gasteiger partial charge in [0.05, 0.1) is 18.2 Å². The summed E-state index contributed by atoms with van der Waals surface area (Å²) < 4.78 is 2.18. The van der Waals surface area contributed by atoms with Crippen molar-refractivity contribution in [1.29, 1.82) is 5.26 Å². The first-order valence-electron chi connectivity index (χ1n) is 12.0. The van der Waals surface area contributed by atoms with E-state index < -0.39 is 0 Å². The van der Waals surface area contributed by atoms with Gasteiger partial charge in [-0.25, -0.2) is 9.97 Å². The van der Waals surface area contributed by atoms with Crippen LogP contribution in [0.2, 0.25) is 0 Å². The average molecular weight is 471 g/mol. The number of aromatic nitrogens is 3. The SMILES string of the molecule is CCc1nc2c(C)cc(C)nc2n1Cc1ccc(-c2cc(C(=O)c3ccccc3)ccc2C#N)cc1. The number of imidazole rings is 1. The van der Waals surface area contributed by atoms with E-state index in [1.165, 1.54) is 0 Å². The van der Waals surface area contributed by atoms with E-state index >= 15 is 0 Å². The highest BCUT2D eigenvalue weighted by Crippen LogP contribution is 2.27. The highest BCUT2D eigenvalue weighted by atomic mass is 16.1. The maximum Gasteiger partial charge on any atom is 0.193 e. The van der Waals surface area contributed by atoms with E-state index in [4.69, 9.17) is 9.97 Å². The Morgan fingerprint density at radius 2 is 1.67 bits per heavy atom. The highest BCUT2D eigenvalue weighted by Gasteiger charge is 2.15. The molecular formula is C31H26N4O. The van der Waals surface area contributed by atoms with Crippen molar-refractivity contribution >= 4 is 16.9 Å². The summed E-state index contributed by atoms with van der Waals surface area (Å²) in [6.07, 6.45) is 0.820. The third-order valence-electron chi connectivity index (χ3n) is 6.46. The number of nitrogens with zero attached hydrogens (tertiary/aromatic N) is 4. The maximum absolute atomic E-state index is 13.0. The summed E-state index contributed by atoms with van der Waals surface area (Å²) in [5.41, 5.74) is 8.47. The number of hydrogen-bond acceptors (Lipinski definition) is 4. The Balaban J connectivity index is 1.49. The van der Waals surface area contributed by atoms with Crippen molar-refractivity contribution in [3.8, 4) is 17.2 Å². The summed E-state index contributed by atoms with van der Waals surface area (Å²) in [7, 11) is 0. The number of aryl methyl sites for hydroxylation is 3. The van der Waals surface area contributed by atoms with Crippen molar-refractivity contribution in [3.05, 3.63) is 118 Å². The summed E-state index contributed by atoms with van der Waals surface area (Å²) in [5, 5.41) is 9.70. The van der Waals surface area contributed by atoms with Crippen LogP contribution in [0.15, 0.2) is 78.9 Å². The molecule has 5 heteroatoms. The first kappa shape index (κ1) is 23.2. The molecule has 0 aliphatic heterocycles. The first-order chi connectivity index (χ1) is 17.5. The third kappa shape index (κ3) is 4.30. The van der Waals surface area contributed by atoms with E-state index in [1.54, 1.807) is 24.3 Å². The Labute approximate surface area is 210 Å². The van der Waals surface area contributed by atoms with Crippen LogP contribution < -0.4 is 0 Å². The zero-order valence-electron chi connectivity index (χ0n) is 20.6. The molecule has 5 rings (SSSR count). The first-order valence-corrected chi connectivity index (χ1v) is 12.0. The second-order valence-electron chi connectivity index (χ2n) is 8.98. The quantitative estimate of drug-likeness (QED) is 0.268. The van der Waals surface area contributed by atoms with Crippen LogP contribution in [0.4, 0.5) is 0 Å². The summed E-state index contributed by atoms with van der Waals surface area (Å²) in [4.78, 5) is 22.6. The van der Waals surface area contributed by atoms with Crippen LogP contribution in [0.5, 0.6) is 0 Å². The lowest BCUT2D eigenvalue weighted by molar-refractivity contribution is 0.103. The second-order valence-corrected chi connectivity index (χ2v) is 8.98. The van der Waals surface area contributed by atoms with Crippen LogP contribution in [-0.4, -0.2) is 20.3 Å². The standard InChI is InChI=1S/C31H26N4O/c1-4-28-34-29-20(2)16-21(3)33-31(29)35(28)19-22-10-12-23(13-11-22)27-17-25(14-15-26(27)18-32)30(36)24-8-6-5-7-9-24/h5-17H,4,19H2,1-3H3. The molecule has 0 bridgehead atoms. The Bertz CT molecular complexity index is 1620. The van der Waals surface area contributed by atoms with Crippen LogP contribution in [0.1, 0.15) is 51.1 Å². The molecule has 0 fully saturated rings. The molecule has 176 valence electrons.